The van der Waals surface area contributed by atoms with Crippen molar-refractivity contribution in [3.8, 4) is 0 Å². The highest BCUT2D eigenvalue weighted by Gasteiger charge is 2.15. The number of rotatable bonds is 3. The van der Waals surface area contributed by atoms with E-state index >= 15 is 0 Å². The summed E-state index contributed by atoms with van der Waals surface area (Å²) in [5, 5.41) is 1.08. The summed E-state index contributed by atoms with van der Waals surface area (Å²) < 4.78 is 0. The molecule has 100 valence electrons. The molecule has 3 aromatic rings. The van der Waals surface area contributed by atoms with E-state index in [0.29, 0.717) is 0 Å². The molecule has 1 atom stereocenters. The zero-order valence-corrected chi connectivity index (χ0v) is 11.0. The molecule has 2 aromatic carbocycles. The molecule has 0 bridgehead atoms. The third-order valence-electron chi connectivity index (χ3n) is 3.43. The van der Waals surface area contributed by atoms with Crippen molar-refractivity contribution in [1.29, 1.82) is 0 Å². The maximum atomic E-state index is 6.04. The maximum Gasteiger partial charge on any atom is 0.0730 e. The van der Waals surface area contributed by atoms with E-state index in [1.807, 2.05) is 48.5 Å². The second-order valence-corrected chi connectivity index (χ2v) is 4.68. The van der Waals surface area contributed by atoms with E-state index in [1.54, 1.807) is 6.20 Å². The number of pyridine rings is 1. The topological polar surface area (TPSA) is 77.0 Å². The van der Waals surface area contributed by atoms with Gasteiger partial charge in [-0.25, -0.2) is 5.43 Å². The van der Waals surface area contributed by atoms with Crippen LogP contribution < -0.4 is 17.0 Å². The lowest BCUT2D eigenvalue weighted by Crippen LogP contribution is -2.29. The van der Waals surface area contributed by atoms with Crippen molar-refractivity contribution in [2.45, 2.75) is 6.04 Å². The highest BCUT2D eigenvalue weighted by molar-refractivity contribution is 5.79. The summed E-state index contributed by atoms with van der Waals surface area (Å²) in [4.78, 5) is 4.32. The Bertz CT molecular complexity index is 739. The minimum Gasteiger partial charge on any atom is -0.398 e. The molecule has 0 saturated carbocycles. The van der Waals surface area contributed by atoms with Gasteiger partial charge in [-0.2, -0.15) is 0 Å². The van der Waals surface area contributed by atoms with Crippen molar-refractivity contribution >= 4 is 16.6 Å². The molecule has 0 aliphatic rings. The number of nitrogens with zero attached hydrogens (tertiary/aromatic N) is 1. The van der Waals surface area contributed by atoms with E-state index in [9.17, 15) is 0 Å². The number of hydrogen-bond acceptors (Lipinski definition) is 4. The molecule has 0 aliphatic heterocycles. The van der Waals surface area contributed by atoms with Crippen LogP contribution in [0.2, 0.25) is 0 Å². The van der Waals surface area contributed by atoms with E-state index in [0.717, 1.165) is 27.7 Å². The highest BCUT2D eigenvalue weighted by Crippen LogP contribution is 2.27. The SMILES string of the molecule is NNC(c1ccc2ncccc2c1)c1ccccc1N. The fourth-order valence-corrected chi connectivity index (χ4v) is 2.41. The van der Waals surface area contributed by atoms with Crippen LogP contribution in [0.25, 0.3) is 10.9 Å². The fraction of sp³-hybridized carbons (Fsp3) is 0.0625. The van der Waals surface area contributed by atoms with Gasteiger partial charge in [0.05, 0.1) is 11.6 Å². The van der Waals surface area contributed by atoms with E-state index in [4.69, 9.17) is 11.6 Å². The van der Waals surface area contributed by atoms with E-state index in [2.05, 4.69) is 16.5 Å². The maximum absolute atomic E-state index is 6.04. The molecule has 5 N–H and O–H groups in total. The number of aromatic nitrogens is 1. The lowest BCUT2D eigenvalue weighted by molar-refractivity contribution is 0.639. The van der Waals surface area contributed by atoms with Crippen molar-refractivity contribution < 1.29 is 0 Å². The first-order chi connectivity index (χ1) is 9.79. The largest absolute Gasteiger partial charge is 0.398 e. The van der Waals surface area contributed by atoms with Gasteiger partial charge in [-0.1, -0.05) is 30.3 Å². The van der Waals surface area contributed by atoms with Crippen LogP contribution in [-0.4, -0.2) is 4.98 Å². The van der Waals surface area contributed by atoms with Gasteiger partial charge in [-0.05, 0) is 35.4 Å². The zero-order chi connectivity index (χ0) is 13.9. The van der Waals surface area contributed by atoms with Crippen LogP contribution in [0, 0.1) is 0 Å². The van der Waals surface area contributed by atoms with Crippen LogP contribution in [0.5, 0.6) is 0 Å². The third kappa shape index (κ3) is 2.22. The molecule has 4 nitrogen and oxygen atoms in total. The Hall–Kier alpha value is -2.43. The zero-order valence-electron chi connectivity index (χ0n) is 11.0. The Morgan fingerprint density at radius 1 is 1.00 bits per heavy atom. The predicted octanol–water partition coefficient (Wildman–Crippen LogP) is 2.37. The quantitative estimate of drug-likeness (QED) is 0.385. The number of nitrogens with two attached hydrogens (primary N) is 2. The molecule has 4 heteroatoms. The van der Waals surface area contributed by atoms with Gasteiger partial charge in [0.1, 0.15) is 0 Å². The molecular formula is C16H16N4. The van der Waals surface area contributed by atoms with Crippen LogP contribution in [-0.2, 0) is 0 Å². The Morgan fingerprint density at radius 2 is 1.85 bits per heavy atom. The number of hydrazine groups is 1. The summed E-state index contributed by atoms with van der Waals surface area (Å²) in [5.74, 6) is 5.73. The van der Waals surface area contributed by atoms with Crippen LogP contribution in [0.3, 0.4) is 0 Å². The molecule has 0 aliphatic carbocycles. The lowest BCUT2D eigenvalue weighted by atomic mass is 9.96. The van der Waals surface area contributed by atoms with E-state index < -0.39 is 0 Å². The molecule has 1 heterocycles. The summed E-state index contributed by atoms with van der Waals surface area (Å²) >= 11 is 0. The Kier molecular flexibility index (Phi) is 3.33. The van der Waals surface area contributed by atoms with Crippen LogP contribution >= 0.6 is 0 Å². The average Bonchev–Trinajstić information content (AvgIpc) is 2.50. The summed E-state index contributed by atoms with van der Waals surface area (Å²) in [5.41, 5.74) is 12.6. The standard InChI is InChI=1S/C16H16N4/c17-14-6-2-1-5-13(14)16(20-18)12-7-8-15-11(10-12)4-3-9-19-15/h1-10,16,20H,17-18H2. The Labute approximate surface area is 117 Å². The monoisotopic (exact) mass is 264 g/mol. The number of nitrogen functional groups attached to an aromatic ring is 1. The second kappa shape index (κ2) is 5.28. The normalized spacial score (nSPS) is 12.4. The lowest BCUT2D eigenvalue weighted by Gasteiger charge is -2.19. The molecule has 3 rings (SSSR count). The second-order valence-electron chi connectivity index (χ2n) is 4.68. The van der Waals surface area contributed by atoms with Crippen LogP contribution in [0.4, 0.5) is 5.69 Å². The molecule has 0 saturated heterocycles. The van der Waals surface area contributed by atoms with Crippen molar-refractivity contribution in [3.63, 3.8) is 0 Å². The van der Waals surface area contributed by atoms with Gasteiger partial charge < -0.3 is 5.73 Å². The Balaban J connectivity index is 2.10. The average molecular weight is 264 g/mol. The Morgan fingerprint density at radius 3 is 2.65 bits per heavy atom. The number of para-hydroxylation sites is 1. The van der Waals surface area contributed by atoms with Gasteiger partial charge in [0.2, 0.25) is 0 Å². The van der Waals surface area contributed by atoms with Crippen molar-refractivity contribution in [2.24, 2.45) is 5.84 Å². The highest BCUT2D eigenvalue weighted by atomic mass is 15.2. The summed E-state index contributed by atoms with van der Waals surface area (Å²) in [6, 6.07) is 17.6. The number of nitrogens with one attached hydrogen (secondary N) is 1. The molecular weight excluding hydrogens is 248 g/mol. The van der Waals surface area contributed by atoms with Crippen molar-refractivity contribution in [3.05, 3.63) is 71.9 Å². The first-order valence-corrected chi connectivity index (χ1v) is 6.45. The minimum absolute atomic E-state index is 0.138. The molecule has 0 fully saturated rings. The first kappa shape index (κ1) is 12.6. The molecule has 0 spiro atoms. The van der Waals surface area contributed by atoms with E-state index in [1.165, 1.54) is 0 Å². The number of hydrogen-bond donors (Lipinski definition) is 3. The van der Waals surface area contributed by atoms with Gasteiger partial charge in [0.15, 0.2) is 0 Å². The predicted molar refractivity (Wildman–Crippen MR) is 81.8 cm³/mol. The smallest absolute Gasteiger partial charge is 0.0730 e. The van der Waals surface area contributed by atoms with E-state index in [-0.39, 0.29) is 6.04 Å². The molecule has 0 radical (unpaired) electrons. The molecule has 1 unspecified atom stereocenters. The fourth-order valence-electron chi connectivity index (χ4n) is 2.41. The summed E-state index contributed by atoms with van der Waals surface area (Å²) in [6.07, 6.45) is 1.79. The molecule has 1 aromatic heterocycles. The summed E-state index contributed by atoms with van der Waals surface area (Å²) in [7, 11) is 0. The third-order valence-corrected chi connectivity index (χ3v) is 3.43. The van der Waals surface area contributed by atoms with Gasteiger partial charge in [-0.15, -0.1) is 0 Å². The molecule has 20 heavy (non-hydrogen) atoms. The minimum atomic E-state index is -0.138. The first-order valence-electron chi connectivity index (χ1n) is 6.45. The van der Waals surface area contributed by atoms with Gasteiger partial charge in [0.25, 0.3) is 0 Å². The van der Waals surface area contributed by atoms with Crippen LogP contribution in [0.15, 0.2) is 60.8 Å². The molecule has 0 amide bonds. The van der Waals surface area contributed by atoms with Crippen molar-refractivity contribution in [2.75, 3.05) is 5.73 Å². The number of benzene rings is 2. The van der Waals surface area contributed by atoms with Gasteiger partial charge in [-0.3, -0.25) is 10.8 Å². The summed E-state index contributed by atoms with van der Waals surface area (Å²) in [6.45, 7) is 0. The van der Waals surface area contributed by atoms with Crippen LogP contribution in [0.1, 0.15) is 17.2 Å². The van der Waals surface area contributed by atoms with Gasteiger partial charge in [0, 0.05) is 17.3 Å². The van der Waals surface area contributed by atoms with Crippen molar-refractivity contribution in [1.82, 2.24) is 10.4 Å². The van der Waals surface area contributed by atoms with Gasteiger partial charge >= 0.3 is 0 Å². The number of anilines is 1. The number of fused-ring (bicyclic) bond motifs is 1.